The Bertz CT molecular complexity index is 530. The molecule has 2 fully saturated rings. The first-order valence-electron chi connectivity index (χ1n) is 6.06. The monoisotopic (exact) mass is 225 g/mol. The summed E-state index contributed by atoms with van der Waals surface area (Å²) in [7, 11) is 0. The summed E-state index contributed by atoms with van der Waals surface area (Å²) in [5.74, 6) is 0.714. The van der Waals surface area contributed by atoms with E-state index in [2.05, 4.69) is 28.4 Å². The highest BCUT2D eigenvalue weighted by Gasteiger charge is 2.45. The maximum Gasteiger partial charge on any atom is 0.180 e. The summed E-state index contributed by atoms with van der Waals surface area (Å²) in [4.78, 5) is 0. The van der Waals surface area contributed by atoms with Crippen LogP contribution in [0.4, 0.5) is 0 Å². The molecule has 4 rings (SSSR count). The quantitative estimate of drug-likeness (QED) is 0.816. The van der Waals surface area contributed by atoms with Crippen molar-refractivity contribution in [2.75, 3.05) is 0 Å². The van der Waals surface area contributed by atoms with Gasteiger partial charge in [-0.1, -0.05) is 30.3 Å². The van der Waals surface area contributed by atoms with Gasteiger partial charge in [0.05, 0.1) is 0 Å². The maximum absolute atomic E-state index is 5.64. The average Bonchev–Trinajstić information content (AvgIpc) is 3.30. The number of epoxide rings is 1. The van der Waals surface area contributed by atoms with Gasteiger partial charge >= 0.3 is 0 Å². The van der Waals surface area contributed by atoms with Crippen LogP contribution < -0.4 is 0 Å². The summed E-state index contributed by atoms with van der Waals surface area (Å²) in [6.45, 7) is 0. The molecule has 2 heterocycles. The van der Waals surface area contributed by atoms with Gasteiger partial charge in [0.25, 0.3) is 0 Å². The van der Waals surface area contributed by atoms with Crippen molar-refractivity contribution in [3.63, 3.8) is 0 Å². The Balaban J connectivity index is 1.53. The van der Waals surface area contributed by atoms with Crippen LogP contribution in [0, 0.1) is 6.10 Å². The van der Waals surface area contributed by atoms with E-state index in [4.69, 9.17) is 4.74 Å². The van der Waals surface area contributed by atoms with Crippen molar-refractivity contribution in [1.82, 2.24) is 10.2 Å². The van der Waals surface area contributed by atoms with Gasteiger partial charge in [-0.3, -0.25) is 5.10 Å². The Labute approximate surface area is 99.8 Å². The molecule has 1 radical (unpaired) electrons. The van der Waals surface area contributed by atoms with Gasteiger partial charge in [0.1, 0.15) is 11.8 Å². The molecule has 1 aromatic heterocycles. The standard InChI is InChI=1S/C14H13N2O/c1-2-4-10(5-3-1)13-14(17-13)12-8-11(15-16-12)9-6-7-9/h1-5,8-9,13H,6-7H2,(H,15,16). The number of rotatable bonds is 3. The molecular formula is C14H13N2O. The molecular weight excluding hydrogens is 212 g/mol. The van der Waals surface area contributed by atoms with Crippen LogP contribution in [-0.2, 0) is 4.74 Å². The average molecular weight is 225 g/mol. The third-order valence-electron chi connectivity index (χ3n) is 3.40. The van der Waals surface area contributed by atoms with Crippen LogP contribution in [0.15, 0.2) is 36.4 Å². The van der Waals surface area contributed by atoms with Gasteiger partial charge in [-0.15, -0.1) is 0 Å². The second kappa shape index (κ2) is 3.44. The number of nitrogens with zero attached hydrogens (tertiary/aromatic N) is 1. The fraction of sp³-hybridized carbons (Fsp3) is 0.286. The summed E-state index contributed by atoms with van der Waals surface area (Å²) in [6, 6.07) is 12.4. The van der Waals surface area contributed by atoms with Gasteiger partial charge in [-0.25, -0.2) is 0 Å². The Morgan fingerprint density at radius 1 is 1.18 bits per heavy atom. The molecule has 1 aliphatic heterocycles. The van der Waals surface area contributed by atoms with Crippen molar-refractivity contribution in [3.05, 3.63) is 59.5 Å². The third kappa shape index (κ3) is 1.67. The van der Waals surface area contributed by atoms with E-state index in [1.807, 2.05) is 18.2 Å². The van der Waals surface area contributed by atoms with Crippen LogP contribution in [0.3, 0.4) is 0 Å². The van der Waals surface area contributed by atoms with Crippen molar-refractivity contribution in [2.24, 2.45) is 0 Å². The number of aromatic nitrogens is 2. The molecule has 2 aliphatic rings. The summed E-state index contributed by atoms with van der Waals surface area (Å²) >= 11 is 0. The first kappa shape index (κ1) is 9.42. The van der Waals surface area contributed by atoms with Gasteiger partial charge in [0.2, 0.25) is 0 Å². The lowest BCUT2D eigenvalue weighted by Gasteiger charge is -1.92. The first-order chi connectivity index (χ1) is 8.42. The molecule has 1 N–H and O–H groups in total. The number of hydrogen-bond acceptors (Lipinski definition) is 2. The zero-order chi connectivity index (χ0) is 11.2. The van der Waals surface area contributed by atoms with Crippen molar-refractivity contribution < 1.29 is 4.74 Å². The fourth-order valence-corrected chi connectivity index (χ4v) is 2.20. The molecule has 1 aliphatic carbocycles. The number of nitrogens with one attached hydrogen (secondary N) is 1. The molecule has 1 unspecified atom stereocenters. The Morgan fingerprint density at radius 3 is 2.76 bits per heavy atom. The number of benzene rings is 1. The molecule has 0 bridgehead atoms. The number of ether oxygens (including phenoxy) is 1. The van der Waals surface area contributed by atoms with Gasteiger partial charge in [-0.05, 0) is 24.5 Å². The van der Waals surface area contributed by atoms with E-state index < -0.39 is 0 Å². The highest BCUT2D eigenvalue weighted by molar-refractivity contribution is 5.38. The Hall–Kier alpha value is -1.61. The van der Waals surface area contributed by atoms with Gasteiger partial charge in [0.15, 0.2) is 6.10 Å². The molecule has 17 heavy (non-hydrogen) atoms. The topological polar surface area (TPSA) is 41.2 Å². The van der Waals surface area contributed by atoms with Gasteiger partial charge in [-0.2, -0.15) is 5.10 Å². The van der Waals surface area contributed by atoms with Crippen LogP contribution >= 0.6 is 0 Å². The summed E-state index contributed by atoms with van der Waals surface area (Å²) in [5.41, 5.74) is 3.44. The van der Waals surface area contributed by atoms with Crippen molar-refractivity contribution in [1.29, 1.82) is 0 Å². The second-order valence-corrected chi connectivity index (χ2v) is 4.76. The van der Waals surface area contributed by atoms with Gasteiger partial charge < -0.3 is 4.74 Å². The van der Waals surface area contributed by atoms with Crippen molar-refractivity contribution in [3.8, 4) is 0 Å². The van der Waals surface area contributed by atoms with E-state index in [9.17, 15) is 0 Å². The van der Waals surface area contributed by atoms with Crippen LogP contribution in [0.5, 0.6) is 0 Å². The van der Waals surface area contributed by atoms with Crippen LogP contribution in [-0.4, -0.2) is 10.2 Å². The molecule has 1 saturated carbocycles. The molecule has 1 saturated heterocycles. The predicted molar refractivity (Wildman–Crippen MR) is 63.2 cm³/mol. The molecule has 1 atom stereocenters. The minimum Gasteiger partial charge on any atom is -0.350 e. The lowest BCUT2D eigenvalue weighted by Crippen LogP contribution is -1.84. The third-order valence-corrected chi connectivity index (χ3v) is 3.40. The summed E-state index contributed by atoms with van der Waals surface area (Å²) < 4.78 is 5.64. The molecule has 0 spiro atoms. The minimum atomic E-state index is 0.117. The zero-order valence-electron chi connectivity index (χ0n) is 9.39. The van der Waals surface area contributed by atoms with E-state index >= 15 is 0 Å². The predicted octanol–water partition coefficient (Wildman–Crippen LogP) is 2.94. The number of hydrogen-bond donors (Lipinski definition) is 1. The zero-order valence-corrected chi connectivity index (χ0v) is 9.39. The second-order valence-electron chi connectivity index (χ2n) is 4.76. The summed E-state index contributed by atoms with van der Waals surface area (Å²) in [6.07, 6.45) is 3.70. The highest BCUT2D eigenvalue weighted by Crippen LogP contribution is 2.50. The minimum absolute atomic E-state index is 0.117. The van der Waals surface area contributed by atoms with Crippen LogP contribution in [0.25, 0.3) is 0 Å². The van der Waals surface area contributed by atoms with E-state index in [-0.39, 0.29) is 6.10 Å². The van der Waals surface area contributed by atoms with Crippen molar-refractivity contribution >= 4 is 0 Å². The molecule has 3 heteroatoms. The van der Waals surface area contributed by atoms with E-state index in [1.54, 1.807) is 0 Å². The summed E-state index contributed by atoms with van der Waals surface area (Å²) in [5, 5.41) is 7.44. The lowest BCUT2D eigenvalue weighted by atomic mass is 10.1. The van der Waals surface area contributed by atoms with Gasteiger partial charge in [0, 0.05) is 11.6 Å². The van der Waals surface area contributed by atoms with Crippen LogP contribution in [0.2, 0.25) is 0 Å². The molecule has 0 amide bonds. The SMILES string of the molecule is c1ccc(C2O[C]2c2cc(C3CC3)[nH]n2)cc1. The lowest BCUT2D eigenvalue weighted by molar-refractivity contribution is 0.419. The molecule has 3 nitrogen and oxygen atoms in total. The smallest absolute Gasteiger partial charge is 0.180 e. The Kier molecular flexibility index (Phi) is 1.91. The molecule has 85 valence electrons. The Morgan fingerprint density at radius 2 is 2.00 bits per heavy atom. The van der Waals surface area contributed by atoms with E-state index in [0.29, 0.717) is 5.92 Å². The largest absolute Gasteiger partial charge is 0.350 e. The van der Waals surface area contributed by atoms with Crippen molar-refractivity contribution in [2.45, 2.75) is 24.9 Å². The first-order valence-corrected chi connectivity index (χ1v) is 6.06. The van der Waals surface area contributed by atoms with Crippen LogP contribution in [0.1, 0.15) is 41.8 Å². The molecule has 1 aromatic carbocycles. The fourth-order valence-electron chi connectivity index (χ4n) is 2.20. The normalized spacial score (nSPS) is 23.9. The number of aromatic amines is 1. The maximum atomic E-state index is 5.64. The molecule has 2 aromatic rings. The highest BCUT2D eigenvalue weighted by atomic mass is 16.6. The number of H-pyrrole nitrogens is 1. The van der Waals surface area contributed by atoms with E-state index in [1.165, 1.54) is 24.1 Å². The van der Waals surface area contributed by atoms with E-state index in [0.717, 1.165) is 11.8 Å².